The second kappa shape index (κ2) is 6.91. The predicted molar refractivity (Wildman–Crippen MR) is 85.1 cm³/mol. The van der Waals surface area contributed by atoms with Gasteiger partial charge >= 0.3 is 0 Å². The first kappa shape index (κ1) is 15.8. The molecule has 1 heterocycles. The van der Waals surface area contributed by atoms with Gasteiger partial charge in [0.15, 0.2) is 11.6 Å². The van der Waals surface area contributed by atoms with Crippen molar-refractivity contribution in [2.45, 2.75) is 6.92 Å². The molecule has 0 aliphatic heterocycles. The number of aromatic nitrogens is 2. The van der Waals surface area contributed by atoms with Gasteiger partial charge in [-0.05, 0) is 35.0 Å². The van der Waals surface area contributed by atoms with Crippen molar-refractivity contribution in [3.8, 4) is 5.75 Å². The van der Waals surface area contributed by atoms with E-state index in [1.54, 1.807) is 0 Å². The van der Waals surface area contributed by atoms with Crippen LogP contribution in [0.4, 0.5) is 21.7 Å². The first-order chi connectivity index (χ1) is 10.1. The van der Waals surface area contributed by atoms with Crippen LogP contribution in [0.2, 0.25) is 5.02 Å². The van der Waals surface area contributed by atoms with Crippen LogP contribution in [0.15, 0.2) is 22.9 Å². The largest absolute Gasteiger partial charge is 0.490 e. The molecule has 0 aliphatic carbocycles. The van der Waals surface area contributed by atoms with Gasteiger partial charge in [-0.15, -0.1) is 0 Å². The third-order valence-electron chi connectivity index (χ3n) is 2.60. The fourth-order valence-electron chi connectivity index (χ4n) is 1.73. The molecule has 8 heteroatoms. The number of rotatable bonds is 5. The molecule has 1 aromatic carbocycles. The average Bonchev–Trinajstić information content (AvgIpc) is 2.43. The number of halogens is 3. The summed E-state index contributed by atoms with van der Waals surface area (Å²) in [5, 5.41) is 6.32. The summed E-state index contributed by atoms with van der Waals surface area (Å²) < 4.78 is 19.1. The monoisotopic (exact) mass is 374 g/mol. The summed E-state index contributed by atoms with van der Waals surface area (Å²) in [5.41, 5.74) is 0.498. The maximum absolute atomic E-state index is 13.3. The Morgan fingerprint density at radius 2 is 2.05 bits per heavy atom. The van der Waals surface area contributed by atoms with E-state index in [4.69, 9.17) is 16.3 Å². The van der Waals surface area contributed by atoms with Crippen molar-refractivity contribution in [1.29, 1.82) is 0 Å². The first-order valence-electron chi connectivity index (χ1n) is 6.11. The number of ether oxygens (including phenoxy) is 1. The van der Waals surface area contributed by atoms with Gasteiger partial charge in [-0.3, -0.25) is 0 Å². The second-order valence-corrected chi connectivity index (χ2v) is 5.27. The summed E-state index contributed by atoms with van der Waals surface area (Å²) in [6, 6.07) is 2.53. The van der Waals surface area contributed by atoms with Gasteiger partial charge in [0.05, 0.1) is 17.8 Å². The van der Waals surface area contributed by atoms with E-state index >= 15 is 0 Å². The summed E-state index contributed by atoms with van der Waals surface area (Å²) in [7, 11) is 1.52. The van der Waals surface area contributed by atoms with Crippen LogP contribution >= 0.6 is 27.5 Å². The molecular weight excluding hydrogens is 363 g/mol. The van der Waals surface area contributed by atoms with Gasteiger partial charge in [-0.2, -0.15) is 0 Å². The summed E-state index contributed by atoms with van der Waals surface area (Å²) in [6.07, 6.45) is 1.40. The maximum Gasteiger partial charge on any atom is 0.204 e. The highest BCUT2D eigenvalue weighted by Crippen LogP contribution is 2.37. The van der Waals surface area contributed by atoms with E-state index in [1.165, 1.54) is 25.6 Å². The van der Waals surface area contributed by atoms with Crippen LogP contribution < -0.4 is 15.4 Å². The molecule has 112 valence electrons. The van der Waals surface area contributed by atoms with E-state index in [9.17, 15) is 4.39 Å². The number of nitrogens with one attached hydrogen (secondary N) is 2. The Kier molecular flexibility index (Phi) is 5.19. The number of anilines is 3. The molecule has 0 fully saturated rings. The average molecular weight is 376 g/mol. The minimum absolute atomic E-state index is 0.229. The fraction of sp³-hybridized carbons (Fsp3) is 0.231. The maximum atomic E-state index is 13.3. The van der Waals surface area contributed by atoms with E-state index in [-0.39, 0.29) is 5.02 Å². The summed E-state index contributed by atoms with van der Waals surface area (Å²) in [4.78, 5) is 8.24. The zero-order chi connectivity index (χ0) is 15.4. The molecular formula is C13H13BrClFN4O. The molecule has 0 spiro atoms. The zero-order valence-electron chi connectivity index (χ0n) is 11.4. The zero-order valence-corrected chi connectivity index (χ0v) is 13.7. The molecule has 0 amide bonds. The normalized spacial score (nSPS) is 10.3. The third-order valence-corrected chi connectivity index (χ3v) is 3.53. The summed E-state index contributed by atoms with van der Waals surface area (Å²) in [6.45, 7) is 2.63. The quantitative estimate of drug-likeness (QED) is 0.819. The molecule has 0 saturated heterocycles. The third kappa shape index (κ3) is 3.54. The Hall–Kier alpha value is -1.60. The fourth-order valence-corrected chi connectivity index (χ4v) is 2.63. The van der Waals surface area contributed by atoms with Gasteiger partial charge in [0.1, 0.15) is 12.1 Å². The smallest absolute Gasteiger partial charge is 0.204 e. The topological polar surface area (TPSA) is 59.1 Å². The van der Waals surface area contributed by atoms with E-state index < -0.39 is 5.82 Å². The van der Waals surface area contributed by atoms with Crippen molar-refractivity contribution in [2.24, 2.45) is 0 Å². The number of nitrogens with zero attached hydrogens (tertiary/aromatic N) is 2. The van der Waals surface area contributed by atoms with Gasteiger partial charge in [0, 0.05) is 11.0 Å². The van der Waals surface area contributed by atoms with E-state index in [0.29, 0.717) is 34.1 Å². The van der Waals surface area contributed by atoms with Crippen molar-refractivity contribution < 1.29 is 9.13 Å². The Morgan fingerprint density at radius 3 is 2.67 bits per heavy atom. The summed E-state index contributed by atoms with van der Waals surface area (Å²) in [5.74, 6) is 1.01. The number of benzene rings is 1. The molecule has 1 aromatic heterocycles. The highest BCUT2D eigenvalue weighted by molar-refractivity contribution is 9.10. The molecule has 0 radical (unpaired) electrons. The van der Waals surface area contributed by atoms with Crippen molar-refractivity contribution >= 4 is 44.9 Å². The van der Waals surface area contributed by atoms with Gasteiger partial charge in [-0.25, -0.2) is 14.4 Å². The van der Waals surface area contributed by atoms with Crippen molar-refractivity contribution in [2.75, 3.05) is 24.3 Å². The molecule has 21 heavy (non-hydrogen) atoms. The van der Waals surface area contributed by atoms with Crippen LogP contribution in [0.5, 0.6) is 5.75 Å². The lowest BCUT2D eigenvalue weighted by Gasteiger charge is -2.15. The molecule has 2 aromatic rings. The highest BCUT2D eigenvalue weighted by atomic mass is 79.9. The van der Waals surface area contributed by atoms with Crippen LogP contribution in [0, 0.1) is 5.82 Å². The lowest BCUT2D eigenvalue weighted by atomic mass is 10.3. The van der Waals surface area contributed by atoms with Crippen molar-refractivity contribution in [3.05, 3.63) is 33.8 Å². The number of hydrogen-bond acceptors (Lipinski definition) is 5. The van der Waals surface area contributed by atoms with E-state index in [1.807, 2.05) is 6.92 Å². The van der Waals surface area contributed by atoms with Crippen LogP contribution in [0.3, 0.4) is 0 Å². The molecule has 0 unspecified atom stereocenters. The van der Waals surface area contributed by atoms with Gasteiger partial charge in [0.25, 0.3) is 0 Å². The van der Waals surface area contributed by atoms with E-state index in [2.05, 4.69) is 36.5 Å². The summed E-state index contributed by atoms with van der Waals surface area (Å²) >= 11 is 9.31. The molecule has 0 bridgehead atoms. The molecule has 2 N–H and O–H groups in total. The number of hydrogen-bond donors (Lipinski definition) is 2. The van der Waals surface area contributed by atoms with E-state index in [0.717, 1.165) is 0 Å². The van der Waals surface area contributed by atoms with Crippen LogP contribution in [-0.2, 0) is 0 Å². The van der Waals surface area contributed by atoms with Crippen LogP contribution in [0.1, 0.15) is 6.92 Å². The standard InChI is InChI=1S/C13H13BrClFN4O/c1-3-17-12-11(21-2)13(19-6-18-12)20-10-8(14)4-7(16)5-9(10)15/h4-6H,3H2,1-2H3,(H2,17,18,19,20). The lowest BCUT2D eigenvalue weighted by Crippen LogP contribution is -2.06. The minimum Gasteiger partial charge on any atom is -0.490 e. The molecule has 2 rings (SSSR count). The van der Waals surface area contributed by atoms with Gasteiger partial charge < -0.3 is 15.4 Å². The van der Waals surface area contributed by atoms with Gasteiger partial charge in [-0.1, -0.05) is 11.6 Å². The van der Waals surface area contributed by atoms with Crippen LogP contribution in [0.25, 0.3) is 0 Å². The second-order valence-electron chi connectivity index (χ2n) is 4.00. The Bertz CT molecular complexity index is 633. The van der Waals surface area contributed by atoms with Crippen molar-refractivity contribution in [1.82, 2.24) is 9.97 Å². The minimum atomic E-state index is -0.430. The first-order valence-corrected chi connectivity index (χ1v) is 7.28. The number of methoxy groups -OCH3 is 1. The SMILES string of the molecule is CCNc1ncnc(Nc2c(Cl)cc(F)cc2Br)c1OC. The van der Waals surface area contributed by atoms with Gasteiger partial charge in [0.2, 0.25) is 5.75 Å². The molecule has 0 atom stereocenters. The predicted octanol–water partition coefficient (Wildman–Crippen LogP) is 4.22. The van der Waals surface area contributed by atoms with Crippen LogP contribution in [-0.4, -0.2) is 23.6 Å². The lowest BCUT2D eigenvalue weighted by molar-refractivity contribution is 0.415. The Balaban J connectivity index is 2.42. The Labute approximate surface area is 135 Å². The molecule has 0 aliphatic rings. The highest BCUT2D eigenvalue weighted by Gasteiger charge is 2.15. The molecule has 0 saturated carbocycles. The molecule has 5 nitrogen and oxygen atoms in total. The Morgan fingerprint density at radius 1 is 1.33 bits per heavy atom. The van der Waals surface area contributed by atoms with Crippen molar-refractivity contribution in [3.63, 3.8) is 0 Å².